The average Bonchev–Trinajstić information content (AvgIpc) is 3.32. The van der Waals surface area contributed by atoms with Gasteiger partial charge in [-0.15, -0.1) is 11.3 Å². The third-order valence-corrected chi connectivity index (χ3v) is 7.78. The highest BCUT2D eigenvalue weighted by atomic mass is 35.5. The standard InChI is InChI=1S/C22H21ClN2O3S2/c23-15-5-7-20-16(12-15)24-22(30-20)29-13-21(26)25-8-1-3-17(25)14-4-6-18-19(11-14)28-10-2-9-27-18/h4-7,11-12,17H,1-3,8-10,13H2. The van der Waals surface area contributed by atoms with Gasteiger partial charge in [0.2, 0.25) is 5.91 Å². The van der Waals surface area contributed by atoms with Gasteiger partial charge in [-0.3, -0.25) is 4.79 Å². The molecule has 1 amide bonds. The third-order valence-electron chi connectivity index (χ3n) is 5.38. The molecule has 0 aliphatic carbocycles. The number of aromatic nitrogens is 1. The van der Waals surface area contributed by atoms with Crippen LogP contribution in [0.15, 0.2) is 40.7 Å². The summed E-state index contributed by atoms with van der Waals surface area (Å²) in [4.78, 5) is 19.6. The zero-order valence-electron chi connectivity index (χ0n) is 16.3. The number of carbonyl (C=O) groups excluding carboxylic acids is 1. The highest BCUT2D eigenvalue weighted by Gasteiger charge is 2.30. The van der Waals surface area contributed by atoms with Crippen LogP contribution in [0.25, 0.3) is 10.2 Å². The first-order valence-electron chi connectivity index (χ1n) is 10.1. The van der Waals surface area contributed by atoms with Gasteiger partial charge < -0.3 is 14.4 Å². The third kappa shape index (κ3) is 4.11. The predicted molar refractivity (Wildman–Crippen MR) is 121 cm³/mol. The van der Waals surface area contributed by atoms with Gasteiger partial charge in [-0.1, -0.05) is 29.4 Å². The van der Waals surface area contributed by atoms with E-state index in [1.807, 2.05) is 35.2 Å². The lowest BCUT2D eigenvalue weighted by molar-refractivity contribution is -0.129. The molecule has 0 saturated carbocycles. The molecular weight excluding hydrogens is 440 g/mol. The van der Waals surface area contributed by atoms with Crippen LogP contribution in [0.1, 0.15) is 30.9 Å². The fourth-order valence-electron chi connectivity index (χ4n) is 3.95. The molecule has 1 fully saturated rings. The number of hydrogen-bond acceptors (Lipinski definition) is 6. The summed E-state index contributed by atoms with van der Waals surface area (Å²) in [6.07, 6.45) is 2.86. The summed E-state index contributed by atoms with van der Waals surface area (Å²) in [6, 6.07) is 11.9. The van der Waals surface area contributed by atoms with E-state index in [9.17, 15) is 4.79 Å². The Morgan fingerprint density at radius 3 is 2.93 bits per heavy atom. The lowest BCUT2D eigenvalue weighted by Crippen LogP contribution is -2.31. The first-order chi connectivity index (χ1) is 14.7. The Bertz CT molecular complexity index is 1090. The Morgan fingerprint density at radius 1 is 1.17 bits per heavy atom. The maximum atomic E-state index is 13.0. The molecule has 1 unspecified atom stereocenters. The van der Waals surface area contributed by atoms with Crippen molar-refractivity contribution in [2.24, 2.45) is 0 Å². The van der Waals surface area contributed by atoms with E-state index in [4.69, 9.17) is 21.1 Å². The van der Waals surface area contributed by atoms with Gasteiger partial charge in [0.15, 0.2) is 15.8 Å². The number of nitrogens with zero attached hydrogens (tertiary/aromatic N) is 2. The van der Waals surface area contributed by atoms with E-state index in [0.717, 1.165) is 57.4 Å². The van der Waals surface area contributed by atoms with Crippen LogP contribution >= 0.6 is 34.7 Å². The molecule has 5 rings (SSSR count). The van der Waals surface area contributed by atoms with Crippen LogP contribution < -0.4 is 9.47 Å². The minimum atomic E-state index is 0.0874. The van der Waals surface area contributed by atoms with Gasteiger partial charge in [-0.25, -0.2) is 4.98 Å². The quantitative estimate of drug-likeness (QED) is 0.476. The summed E-state index contributed by atoms with van der Waals surface area (Å²) in [5.41, 5.74) is 2.00. The van der Waals surface area contributed by atoms with E-state index in [1.165, 1.54) is 11.8 Å². The minimum Gasteiger partial charge on any atom is -0.490 e. The predicted octanol–water partition coefficient (Wildman–Crippen LogP) is 5.57. The Kier molecular flexibility index (Phi) is 5.76. The largest absolute Gasteiger partial charge is 0.490 e. The highest BCUT2D eigenvalue weighted by Crippen LogP contribution is 2.38. The van der Waals surface area contributed by atoms with Crippen molar-refractivity contribution >= 4 is 50.8 Å². The van der Waals surface area contributed by atoms with E-state index < -0.39 is 0 Å². The van der Waals surface area contributed by atoms with E-state index in [1.54, 1.807) is 11.3 Å². The summed E-state index contributed by atoms with van der Waals surface area (Å²) >= 11 is 9.14. The maximum Gasteiger partial charge on any atom is 0.233 e. The van der Waals surface area contributed by atoms with Crippen LogP contribution in [0, 0.1) is 0 Å². The highest BCUT2D eigenvalue weighted by molar-refractivity contribution is 8.01. The Balaban J connectivity index is 1.28. The molecule has 1 atom stereocenters. The molecule has 3 aromatic rings. The first-order valence-corrected chi connectivity index (χ1v) is 12.2. The molecule has 1 saturated heterocycles. The van der Waals surface area contributed by atoms with Crippen molar-refractivity contribution in [1.29, 1.82) is 0 Å². The van der Waals surface area contributed by atoms with Crippen LogP contribution in [0.5, 0.6) is 11.5 Å². The molecular formula is C22H21ClN2O3S2. The Labute approximate surface area is 188 Å². The molecule has 3 heterocycles. The van der Waals surface area contributed by atoms with Crippen molar-refractivity contribution in [2.45, 2.75) is 29.6 Å². The van der Waals surface area contributed by atoms with Gasteiger partial charge in [0.1, 0.15) is 0 Å². The Morgan fingerprint density at radius 2 is 2.03 bits per heavy atom. The number of thioether (sulfide) groups is 1. The summed E-state index contributed by atoms with van der Waals surface area (Å²) in [5.74, 6) is 2.10. The van der Waals surface area contributed by atoms with Crippen molar-refractivity contribution < 1.29 is 14.3 Å². The van der Waals surface area contributed by atoms with Crippen molar-refractivity contribution in [3.05, 3.63) is 47.0 Å². The number of halogens is 1. The molecule has 8 heteroatoms. The molecule has 0 N–H and O–H groups in total. The molecule has 30 heavy (non-hydrogen) atoms. The maximum absolute atomic E-state index is 13.0. The fraction of sp³-hybridized carbons (Fsp3) is 0.364. The molecule has 2 aliphatic rings. The monoisotopic (exact) mass is 460 g/mol. The number of ether oxygens (including phenoxy) is 2. The zero-order chi connectivity index (χ0) is 20.5. The van der Waals surface area contributed by atoms with Crippen LogP contribution in [-0.2, 0) is 4.79 Å². The van der Waals surface area contributed by atoms with Crippen molar-refractivity contribution in [2.75, 3.05) is 25.5 Å². The van der Waals surface area contributed by atoms with Crippen LogP contribution in [0.2, 0.25) is 5.02 Å². The van der Waals surface area contributed by atoms with Crippen LogP contribution in [0.3, 0.4) is 0 Å². The van der Waals surface area contributed by atoms with Gasteiger partial charge in [0, 0.05) is 18.0 Å². The molecule has 5 nitrogen and oxygen atoms in total. The van der Waals surface area contributed by atoms with E-state index in [-0.39, 0.29) is 11.9 Å². The number of benzene rings is 2. The van der Waals surface area contributed by atoms with E-state index in [2.05, 4.69) is 11.1 Å². The second kappa shape index (κ2) is 8.65. The number of fused-ring (bicyclic) bond motifs is 2. The molecule has 2 aliphatic heterocycles. The first kappa shape index (κ1) is 20.0. The SMILES string of the molecule is O=C(CSc1nc2cc(Cl)ccc2s1)N1CCCC1c1ccc2c(c1)OCCCO2. The minimum absolute atomic E-state index is 0.0874. The number of hydrogen-bond donors (Lipinski definition) is 0. The van der Waals surface area contributed by atoms with E-state index in [0.29, 0.717) is 24.0 Å². The van der Waals surface area contributed by atoms with Gasteiger partial charge >= 0.3 is 0 Å². The van der Waals surface area contributed by atoms with Crippen molar-refractivity contribution in [3.8, 4) is 11.5 Å². The number of thiazole rings is 1. The summed E-state index contributed by atoms with van der Waals surface area (Å²) in [5, 5.41) is 0.676. The van der Waals surface area contributed by atoms with Gasteiger partial charge in [-0.05, 0) is 48.7 Å². The second-order valence-corrected chi connectivity index (χ2v) is 10.1. The molecule has 2 aromatic carbocycles. The zero-order valence-corrected chi connectivity index (χ0v) is 18.7. The molecule has 156 valence electrons. The summed E-state index contributed by atoms with van der Waals surface area (Å²) in [7, 11) is 0. The summed E-state index contributed by atoms with van der Waals surface area (Å²) in [6.45, 7) is 2.12. The molecule has 0 bridgehead atoms. The lowest BCUT2D eigenvalue weighted by atomic mass is 10.0. The van der Waals surface area contributed by atoms with Crippen LogP contribution in [-0.4, -0.2) is 41.3 Å². The number of amides is 1. The van der Waals surface area contributed by atoms with Crippen molar-refractivity contribution in [1.82, 2.24) is 9.88 Å². The fourth-order valence-corrected chi connectivity index (χ4v) is 6.05. The van der Waals surface area contributed by atoms with Crippen LogP contribution in [0.4, 0.5) is 0 Å². The normalized spacial score (nSPS) is 18.6. The topological polar surface area (TPSA) is 51.7 Å². The molecule has 0 radical (unpaired) electrons. The number of carbonyl (C=O) groups is 1. The van der Waals surface area contributed by atoms with Gasteiger partial charge in [-0.2, -0.15) is 0 Å². The number of rotatable bonds is 4. The lowest BCUT2D eigenvalue weighted by Gasteiger charge is -2.25. The van der Waals surface area contributed by atoms with Gasteiger partial charge in [0.05, 0.1) is 35.2 Å². The molecule has 0 spiro atoms. The molecule has 1 aromatic heterocycles. The van der Waals surface area contributed by atoms with Crippen molar-refractivity contribution in [3.63, 3.8) is 0 Å². The smallest absolute Gasteiger partial charge is 0.233 e. The summed E-state index contributed by atoms with van der Waals surface area (Å²) < 4.78 is 13.6. The second-order valence-electron chi connectivity index (χ2n) is 7.38. The van der Waals surface area contributed by atoms with E-state index >= 15 is 0 Å². The average molecular weight is 461 g/mol. The number of likely N-dealkylation sites (tertiary alicyclic amines) is 1. The Hall–Kier alpha value is -1.96. The van der Waals surface area contributed by atoms with Gasteiger partial charge in [0.25, 0.3) is 0 Å².